The molecular weight excluding hydrogens is 292 g/mol. The Balaban J connectivity index is 1.56. The number of rotatable bonds is 5. The quantitative estimate of drug-likeness (QED) is 0.753. The minimum absolute atomic E-state index is 0.211. The Bertz CT molecular complexity index is 789. The summed E-state index contributed by atoms with van der Waals surface area (Å²) in [6, 6.07) is 4.31. The van der Waals surface area contributed by atoms with Gasteiger partial charge in [0.2, 0.25) is 0 Å². The van der Waals surface area contributed by atoms with Crippen molar-refractivity contribution >= 4 is 16.9 Å². The van der Waals surface area contributed by atoms with E-state index < -0.39 is 0 Å². The van der Waals surface area contributed by atoms with Gasteiger partial charge in [0.25, 0.3) is 0 Å². The number of anilines is 1. The fourth-order valence-corrected chi connectivity index (χ4v) is 3.19. The molecule has 1 aliphatic rings. The highest BCUT2D eigenvalue weighted by Gasteiger charge is 2.26. The molecule has 0 saturated carbocycles. The lowest BCUT2D eigenvalue weighted by Crippen LogP contribution is -2.31. The SMILES string of the molecule is Cc1ccc(C(CNc2ncnc3[nH]ncc23)N2CCCC2)o1. The van der Waals surface area contributed by atoms with Crippen molar-refractivity contribution in [3.05, 3.63) is 36.2 Å². The highest BCUT2D eigenvalue weighted by molar-refractivity contribution is 5.85. The Morgan fingerprint density at radius 2 is 2.17 bits per heavy atom. The average molecular weight is 312 g/mol. The monoisotopic (exact) mass is 312 g/mol. The highest BCUT2D eigenvalue weighted by Crippen LogP contribution is 2.27. The van der Waals surface area contributed by atoms with E-state index in [2.05, 4.69) is 36.4 Å². The number of nitrogens with one attached hydrogen (secondary N) is 2. The lowest BCUT2D eigenvalue weighted by atomic mass is 10.2. The zero-order valence-electron chi connectivity index (χ0n) is 13.1. The molecular formula is C16H20N6O. The molecule has 0 aromatic carbocycles. The van der Waals surface area contributed by atoms with E-state index in [4.69, 9.17) is 4.42 Å². The summed E-state index contributed by atoms with van der Waals surface area (Å²) >= 11 is 0. The minimum atomic E-state index is 0.211. The van der Waals surface area contributed by atoms with Gasteiger partial charge in [-0.05, 0) is 45.0 Å². The second-order valence-corrected chi connectivity index (χ2v) is 5.94. The normalized spacial score (nSPS) is 16.9. The molecule has 1 fully saturated rings. The summed E-state index contributed by atoms with van der Waals surface area (Å²) in [6.45, 7) is 4.94. The van der Waals surface area contributed by atoms with Gasteiger partial charge in [0.15, 0.2) is 5.65 Å². The van der Waals surface area contributed by atoms with Gasteiger partial charge in [0.05, 0.1) is 17.6 Å². The van der Waals surface area contributed by atoms with Gasteiger partial charge in [0, 0.05) is 6.54 Å². The predicted octanol–water partition coefficient (Wildman–Crippen LogP) is 2.50. The zero-order chi connectivity index (χ0) is 15.6. The third kappa shape index (κ3) is 2.79. The van der Waals surface area contributed by atoms with Crippen LogP contribution in [0.3, 0.4) is 0 Å². The molecule has 7 heteroatoms. The first kappa shape index (κ1) is 14.2. The molecule has 1 aliphatic heterocycles. The van der Waals surface area contributed by atoms with E-state index >= 15 is 0 Å². The minimum Gasteiger partial charge on any atom is -0.465 e. The van der Waals surface area contributed by atoms with Crippen molar-refractivity contribution in [2.75, 3.05) is 25.0 Å². The van der Waals surface area contributed by atoms with Crippen molar-refractivity contribution in [3.8, 4) is 0 Å². The van der Waals surface area contributed by atoms with Crippen LogP contribution in [0.2, 0.25) is 0 Å². The molecule has 3 aromatic rings. The summed E-state index contributed by atoms with van der Waals surface area (Å²) in [5, 5.41) is 11.3. The number of furan rings is 1. The molecule has 0 radical (unpaired) electrons. The number of hydrogen-bond donors (Lipinski definition) is 2. The van der Waals surface area contributed by atoms with Crippen LogP contribution in [0.25, 0.3) is 11.0 Å². The molecule has 120 valence electrons. The molecule has 23 heavy (non-hydrogen) atoms. The molecule has 0 aliphatic carbocycles. The van der Waals surface area contributed by atoms with Gasteiger partial charge in [-0.25, -0.2) is 9.97 Å². The Morgan fingerprint density at radius 3 is 2.96 bits per heavy atom. The predicted molar refractivity (Wildman–Crippen MR) is 87.2 cm³/mol. The van der Waals surface area contributed by atoms with Crippen molar-refractivity contribution < 1.29 is 4.42 Å². The average Bonchev–Trinajstić information content (AvgIpc) is 3.28. The Morgan fingerprint density at radius 1 is 1.30 bits per heavy atom. The van der Waals surface area contributed by atoms with Gasteiger partial charge in [-0.1, -0.05) is 0 Å². The third-order valence-electron chi connectivity index (χ3n) is 4.38. The Labute approximate surface area is 134 Å². The van der Waals surface area contributed by atoms with E-state index in [-0.39, 0.29) is 6.04 Å². The van der Waals surface area contributed by atoms with Crippen LogP contribution in [-0.4, -0.2) is 44.7 Å². The van der Waals surface area contributed by atoms with Crippen LogP contribution >= 0.6 is 0 Å². The summed E-state index contributed by atoms with van der Waals surface area (Å²) in [6.07, 6.45) is 5.79. The molecule has 2 N–H and O–H groups in total. The van der Waals surface area contributed by atoms with Gasteiger partial charge in [-0.15, -0.1) is 0 Å². The summed E-state index contributed by atoms with van der Waals surface area (Å²) in [5.41, 5.74) is 0.745. The van der Waals surface area contributed by atoms with Crippen molar-refractivity contribution in [1.29, 1.82) is 0 Å². The lowest BCUT2D eigenvalue weighted by Gasteiger charge is -2.26. The number of H-pyrrole nitrogens is 1. The largest absolute Gasteiger partial charge is 0.465 e. The van der Waals surface area contributed by atoms with Gasteiger partial charge < -0.3 is 9.73 Å². The van der Waals surface area contributed by atoms with Crippen LogP contribution in [0.15, 0.2) is 29.1 Å². The molecule has 0 bridgehead atoms. The standard InChI is InChI=1S/C16H20N6O/c1-11-4-5-14(23-11)13(22-6-2-3-7-22)9-17-15-12-8-20-21-16(12)19-10-18-15/h4-5,8,10,13H,2-3,6-7,9H2,1H3,(H2,17,18,19,20,21). The van der Waals surface area contributed by atoms with Crippen LogP contribution in [0.5, 0.6) is 0 Å². The first-order valence-electron chi connectivity index (χ1n) is 7.99. The van der Waals surface area contributed by atoms with Crippen molar-refractivity contribution in [2.45, 2.75) is 25.8 Å². The lowest BCUT2D eigenvalue weighted by molar-refractivity contribution is 0.223. The highest BCUT2D eigenvalue weighted by atomic mass is 16.3. The van der Waals surface area contributed by atoms with Crippen LogP contribution in [0.1, 0.15) is 30.4 Å². The Hall–Kier alpha value is -2.41. The van der Waals surface area contributed by atoms with Crippen molar-refractivity contribution in [2.24, 2.45) is 0 Å². The van der Waals surface area contributed by atoms with E-state index in [0.29, 0.717) is 0 Å². The van der Waals surface area contributed by atoms with E-state index in [1.165, 1.54) is 12.8 Å². The van der Waals surface area contributed by atoms with Crippen LogP contribution < -0.4 is 5.32 Å². The maximum atomic E-state index is 5.89. The number of aromatic nitrogens is 4. The molecule has 3 aromatic heterocycles. The van der Waals surface area contributed by atoms with Crippen LogP contribution in [0, 0.1) is 6.92 Å². The summed E-state index contributed by atoms with van der Waals surface area (Å²) < 4.78 is 5.89. The number of nitrogens with zero attached hydrogens (tertiary/aromatic N) is 4. The molecule has 7 nitrogen and oxygen atoms in total. The molecule has 0 amide bonds. The number of fused-ring (bicyclic) bond motifs is 1. The van der Waals surface area contributed by atoms with E-state index in [9.17, 15) is 0 Å². The van der Waals surface area contributed by atoms with Crippen LogP contribution in [0.4, 0.5) is 5.82 Å². The van der Waals surface area contributed by atoms with Gasteiger partial charge >= 0.3 is 0 Å². The van der Waals surface area contributed by atoms with E-state index in [1.54, 1.807) is 12.5 Å². The number of hydrogen-bond acceptors (Lipinski definition) is 6. The zero-order valence-corrected chi connectivity index (χ0v) is 13.1. The second kappa shape index (κ2) is 6.00. The van der Waals surface area contributed by atoms with Crippen LogP contribution in [-0.2, 0) is 0 Å². The summed E-state index contributed by atoms with van der Waals surface area (Å²) in [7, 11) is 0. The maximum Gasteiger partial charge on any atom is 0.160 e. The summed E-state index contributed by atoms with van der Waals surface area (Å²) in [5.74, 6) is 2.76. The molecule has 1 saturated heterocycles. The molecule has 4 heterocycles. The molecule has 4 rings (SSSR count). The van der Waals surface area contributed by atoms with Crippen molar-refractivity contribution in [1.82, 2.24) is 25.1 Å². The van der Waals surface area contributed by atoms with E-state index in [1.807, 2.05) is 13.0 Å². The van der Waals surface area contributed by atoms with E-state index in [0.717, 1.165) is 48.0 Å². The van der Waals surface area contributed by atoms with Gasteiger partial charge in [0.1, 0.15) is 23.7 Å². The second-order valence-electron chi connectivity index (χ2n) is 5.94. The topological polar surface area (TPSA) is 82.9 Å². The van der Waals surface area contributed by atoms with Crippen molar-refractivity contribution in [3.63, 3.8) is 0 Å². The van der Waals surface area contributed by atoms with Gasteiger partial charge in [-0.3, -0.25) is 10.00 Å². The molecule has 1 unspecified atom stereocenters. The third-order valence-corrected chi connectivity index (χ3v) is 4.38. The number of aromatic amines is 1. The molecule has 1 atom stereocenters. The summed E-state index contributed by atoms with van der Waals surface area (Å²) in [4.78, 5) is 11.0. The smallest absolute Gasteiger partial charge is 0.160 e. The first-order chi connectivity index (χ1) is 11.3. The number of likely N-dealkylation sites (tertiary alicyclic amines) is 1. The fraction of sp³-hybridized carbons (Fsp3) is 0.438. The maximum absolute atomic E-state index is 5.89. The number of aryl methyl sites for hydroxylation is 1. The Kier molecular flexibility index (Phi) is 3.70. The van der Waals surface area contributed by atoms with Gasteiger partial charge in [-0.2, -0.15) is 5.10 Å². The fourth-order valence-electron chi connectivity index (χ4n) is 3.19. The molecule has 0 spiro atoms. The first-order valence-corrected chi connectivity index (χ1v) is 7.99.